The van der Waals surface area contributed by atoms with Crippen LogP contribution in [-0.4, -0.2) is 42.8 Å². The lowest BCUT2D eigenvalue weighted by molar-refractivity contribution is -0.122. The molecule has 0 saturated carbocycles. The highest BCUT2D eigenvalue weighted by Crippen LogP contribution is 2.34. The Morgan fingerprint density at radius 2 is 1.97 bits per heavy atom. The van der Waals surface area contributed by atoms with Crippen molar-refractivity contribution in [1.29, 1.82) is 0 Å². The third-order valence-electron chi connectivity index (χ3n) is 4.78. The predicted octanol–water partition coefficient (Wildman–Crippen LogP) is 2.81. The highest BCUT2D eigenvalue weighted by molar-refractivity contribution is 8.26. The number of carbonyl (C=O) groups is 1. The summed E-state index contributed by atoms with van der Waals surface area (Å²) in [5, 5.41) is 12.1. The van der Waals surface area contributed by atoms with E-state index in [2.05, 4.69) is 10.3 Å². The third kappa shape index (κ3) is 4.39. The average molecular weight is 453 g/mol. The molecule has 2 aromatic heterocycles. The zero-order chi connectivity index (χ0) is 22.0. The molecular weight excluding hydrogens is 432 g/mol. The number of rotatable bonds is 6. The fraction of sp³-hybridized carbons (Fsp3) is 0.182. The first-order chi connectivity index (χ1) is 15.0. The van der Waals surface area contributed by atoms with Crippen LogP contribution in [0.3, 0.4) is 0 Å². The van der Waals surface area contributed by atoms with Crippen molar-refractivity contribution in [1.82, 2.24) is 14.3 Å². The molecule has 1 aliphatic rings. The minimum absolute atomic E-state index is 0.117. The van der Waals surface area contributed by atoms with Crippen molar-refractivity contribution < 1.29 is 9.90 Å². The molecule has 158 valence electrons. The van der Waals surface area contributed by atoms with Crippen molar-refractivity contribution in [2.75, 3.05) is 18.5 Å². The third-order valence-corrected chi connectivity index (χ3v) is 6.16. The van der Waals surface area contributed by atoms with E-state index >= 15 is 0 Å². The van der Waals surface area contributed by atoms with Gasteiger partial charge in [0.25, 0.3) is 11.5 Å². The Morgan fingerprint density at radius 3 is 2.71 bits per heavy atom. The van der Waals surface area contributed by atoms with E-state index in [4.69, 9.17) is 12.2 Å². The molecule has 1 fully saturated rings. The summed E-state index contributed by atoms with van der Waals surface area (Å²) < 4.78 is 1.86. The second kappa shape index (κ2) is 9.01. The van der Waals surface area contributed by atoms with E-state index in [1.807, 2.05) is 31.2 Å². The Hall–Kier alpha value is -3.01. The summed E-state index contributed by atoms with van der Waals surface area (Å²) in [4.78, 5) is 32.5. The lowest BCUT2D eigenvalue weighted by atomic mass is 10.1. The molecule has 1 amide bonds. The maximum absolute atomic E-state index is 13.1. The molecule has 7 nitrogen and oxygen atoms in total. The number of aliphatic hydroxyl groups excluding tert-OH is 1. The monoisotopic (exact) mass is 452 g/mol. The molecule has 1 aromatic carbocycles. The number of thiocarbonyl (C=S) groups is 1. The number of anilines is 1. The second-order valence-corrected chi connectivity index (χ2v) is 8.69. The molecule has 0 aliphatic carbocycles. The molecule has 3 aromatic rings. The molecule has 0 atom stereocenters. The summed E-state index contributed by atoms with van der Waals surface area (Å²) in [7, 11) is 0. The number of benzene rings is 1. The van der Waals surface area contributed by atoms with Gasteiger partial charge < -0.3 is 10.4 Å². The molecule has 0 unspecified atom stereocenters. The van der Waals surface area contributed by atoms with Gasteiger partial charge in [-0.2, -0.15) is 0 Å². The Labute approximate surface area is 188 Å². The molecule has 2 N–H and O–H groups in total. The standard InChI is InChI=1S/C22H20N4O3S2/c1-14-5-7-15(8-6-14)13-26-21(29)17(31-22(26)30)12-16-19(23-9-11-27)24-18-4-2-3-10-25(18)20(16)28/h2-8,10,12,23,27H,9,11,13H2,1H3/b17-12+. The van der Waals surface area contributed by atoms with Gasteiger partial charge in [-0.25, -0.2) is 4.98 Å². The lowest BCUT2D eigenvalue weighted by Gasteiger charge is -2.14. The van der Waals surface area contributed by atoms with Crippen LogP contribution in [0.1, 0.15) is 16.7 Å². The summed E-state index contributed by atoms with van der Waals surface area (Å²) in [6, 6.07) is 13.2. The fourth-order valence-electron chi connectivity index (χ4n) is 3.19. The normalized spacial score (nSPS) is 15.3. The van der Waals surface area contributed by atoms with Crippen LogP contribution >= 0.6 is 24.0 Å². The highest BCUT2D eigenvalue weighted by Gasteiger charge is 2.32. The summed E-state index contributed by atoms with van der Waals surface area (Å²) >= 11 is 6.59. The zero-order valence-electron chi connectivity index (χ0n) is 16.7. The van der Waals surface area contributed by atoms with Crippen LogP contribution in [0.5, 0.6) is 0 Å². The molecule has 0 spiro atoms. The van der Waals surface area contributed by atoms with Gasteiger partial charge in [-0.3, -0.25) is 18.9 Å². The Balaban J connectivity index is 1.71. The van der Waals surface area contributed by atoms with Crippen molar-refractivity contribution in [2.45, 2.75) is 13.5 Å². The SMILES string of the molecule is Cc1ccc(CN2C(=O)/C(=C\c3c(NCCO)nc4ccccn4c3=O)SC2=S)cc1. The number of hydrogen-bond acceptors (Lipinski definition) is 7. The van der Waals surface area contributed by atoms with Gasteiger partial charge in [0.05, 0.1) is 23.6 Å². The first-order valence-electron chi connectivity index (χ1n) is 9.65. The number of thioether (sulfide) groups is 1. The first-order valence-corrected chi connectivity index (χ1v) is 10.9. The summed E-state index contributed by atoms with van der Waals surface area (Å²) in [5.41, 5.74) is 2.52. The van der Waals surface area contributed by atoms with Crippen molar-refractivity contribution in [3.63, 3.8) is 0 Å². The molecule has 3 heterocycles. The summed E-state index contributed by atoms with van der Waals surface area (Å²) in [5.74, 6) is 0.0651. The van der Waals surface area contributed by atoms with Gasteiger partial charge in [-0.05, 0) is 30.7 Å². The molecule has 1 saturated heterocycles. The summed E-state index contributed by atoms with van der Waals surface area (Å²) in [6.45, 7) is 2.48. The maximum Gasteiger partial charge on any atom is 0.267 e. The minimum Gasteiger partial charge on any atom is -0.395 e. The maximum atomic E-state index is 13.1. The number of nitrogens with one attached hydrogen (secondary N) is 1. The van der Waals surface area contributed by atoms with E-state index in [0.717, 1.165) is 22.9 Å². The molecule has 0 radical (unpaired) electrons. The fourth-order valence-corrected chi connectivity index (χ4v) is 4.42. The molecule has 31 heavy (non-hydrogen) atoms. The Morgan fingerprint density at radius 1 is 1.19 bits per heavy atom. The van der Waals surface area contributed by atoms with Crippen molar-refractivity contribution in [3.8, 4) is 0 Å². The second-order valence-electron chi connectivity index (χ2n) is 7.01. The topological polar surface area (TPSA) is 86.9 Å². The highest BCUT2D eigenvalue weighted by atomic mass is 32.2. The number of pyridine rings is 1. The number of nitrogens with zero attached hydrogens (tertiary/aromatic N) is 3. The predicted molar refractivity (Wildman–Crippen MR) is 127 cm³/mol. The van der Waals surface area contributed by atoms with Crippen LogP contribution in [0, 0.1) is 6.92 Å². The van der Waals surface area contributed by atoms with Crippen LogP contribution in [0.2, 0.25) is 0 Å². The lowest BCUT2D eigenvalue weighted by Crippen LogP contribution is -2.27. The van der Waals surface area contributed by atoms with Crippen molar-refractivity contribution in [3.05, 3.63) is 80.6 Å². The largest absolute Gasteiger partial charge is 0.395 e. The number of aliphatic hydroxyl groups is 1. The Bertz CT molecular complexity index is 1250. The smallest absolute Gasteiger partial charge is 0.267 e. The quantitative estimate of drug-likeness (QED) is 0.439. The molecule has 9 heteroatoms. The van der Waals surface area contributed by atoms with Gasteiger partial charge in [-0.1, -0.05) is 59.9 Å². The van der Waals surface area contributed by atoms with E-state index in [0.29, 0.717) is 27.2 Å². The van der Waals surface area contributed by atoms with E-state index in [9.17, 15) is 14.7 Å². The first kappa shape index (κ1) is 21.2. The van der Waals surface area contributed by atoms with Gasteiger partial charge in [0, 0.05) is 12.7 Å². The Kier molecular flexibility index (Phi) is 6.17. The molecule has 0 bridgehead atoms. The number of aromatic nitrogens is 2. The van der Waals surface area contributed by atoms with Gasteiger partial charge in [-0.15, -0.1) is 0 Å². The number of fused-ring (bicyclic) bond motifs is 1. The minimum atomic E-state index is -0.310. The van der Waals surface area contributed by atoms with E-state index in [1.165, 1.54) is 15.4 Å². The van der Waals surface area contributed by atoms with Crippen molar-refractivity contribution >= 4 is 51.7 Å². The number of hydrogen-bond donors (Lipinski definition) is 2. The van der Waals surface area contributed by atoms with Crippen LogP contribution in [0.15, 0.2) is 58.4 Å². The van der Waals surface area contributed by atoms with Gasteiger partial charge in [0.1, 0.15) is 15.8 Å². The van der Waals surface area contributed by atoms with E-state index in [-0.39, 0.29) is 30.2 Å². The van der Waals surface area contributed by atoms with Crippen LogP contribution in [0.4, 0.5) is 5.82 Å². The molecular formula is C22H20N4O3S2. The number of amides is 1. The molecule has 1 aliphatic heterocycles. The number of carbonyl (C=O) groups excluding carboxylic acids is 1. The van der Waals surface area contributed by atoms with E-state index < -0.39 is 0 Å². The zero-order valence-corrected chi connectivity index (χ0v) is 18.4. The van der Waals surface area contributed by atoms with E-state index in [1.54, 1.807) is 24.4 Å². The van der Waals surface area contributed by atoms with Gasteiger partial charge in [0.2, 0.25) is 0 Å². The van der Waals surface area contributed by atoms with Crippen LogP contribution in [-0.2, 0) is 11.3 Å². The molecule has 4 rings (SSSR count). The summed E-state index contributed by atoms with van der Waals surface area (Å²) in [6.07, 6.45) is 3.16. The van der Waals surface area contributed by atoms with Gasteiger partial charge >= 0.3 is 0 Å². The number of aryl methyl sites for hydroxylation is 1. The van der Waals surface area contributed by atoms with Crippen LogP contribution < -0.4 is 10.9 Å². The van der Waals surface area contributed by atoms with Crippen LogP contribution in [0.25, 0.3) is 11.7 Å². The van der Waals surface area contributed by atoms with Gasteiger partial charge in [0.15, 0.2) is 0 Å². The van der Waals surface area contributed by atoms with Crippen molar-refractivity contribution in [2.24, 2.45) is 0 Å². The average Bonchev–Trinajstić information content (AvgIpc) is 3.03.